The molecule has 9 heteroatoms. The molecule has 0 aliphatic rings. The average molecular weight is 322 g/mol. The highest BCUT2D eigenvalue weighted by Gasteiger charge is 2.17. The van der Waals surface area contributed by atoms with Gasteiger partial charge in [0, 0.05) is 34.9 Å². The first kappa shape index (κ1) is 16.7. The zero-order valence-electron chi connectivity index (χ0n) is 10.8. The number of amides is 1. The monoisotopic (exact) mass is 322 g/mol. The summed E-state index contributed by atoms with van der Waals surface area (Å²) >= 11 is 0. The van der Waals surface area contributed by atoms with Crippen molar-refractivity contribution in [2.75, 3.05) is 18.6 Å². The number of rotatable bonds is 6. The molecular weight excluding hydrogens is 307 g/mol. The second-order valence-corrected chi connectivity index (χ2v) is 7.16. The molecule has 6 nitrogen and oxygen atoms in total. The van der Waals surface area contributed by atoms with E-state index in [9.17, 15) is 21.8 Å². The lowest BCUT2D eigenvalue weighted by Crippen LogP contribution is -2.26. The summed E-state index contributed by atoms with van der Waals surface area (Å²) in [5.74, 6) is -1.10. The lowest BCUT2D eigenvalue weighted by molar-refractivity contribution is 0.0953. The summed E-state index contributed by atoms with van der Waals surface area (Å²) in [6.07, 6.45) is 2.08. The Morgan fingerprint density at radius 1 is 1.45 bits per heavy atom. The van der Waals surface area contributed by atoms with Crippen molar-refractivity contribution in [1.82, 2.24) is 5.32 Å². The summed E-state index contributed by atoms with van der Waals surface area (Å²) in [6.45, 7) is 0.292. The lowest BCUT2D eigenvalue weighted by Gasteiger charge is -2.06. The molecule has 0 aromatic heterocycles. The Morgan fingerprint density at radius 2 is 2.10 bits per heavy atom. The predicted octanol–water partition coefficient (Wildman–Crippen LogP) is -0.0285. The molecule has 112 valence electrons. The molecule has 0 saturated carbocycles. The van der Waals surface area contributed by atoms with Crippen molar-refractivity contribution in [3.63, 3.8) is 0 Å². The summed E-state index contributed by atoms with van der Waals surface area (Å²) in [5.41, 5.74) is -0.00644. The first-order chi connectivity index (χ1) is 9.21. The van der Waals surface area contributed by atoms with Crippen LogP contribution in [0.25, 0.3) is 0 Å². The molecule has 1 rings (SSSR count). The number of carbonyl (C=O) groups is 1. The standard InChI is InChI=1S/C11H15FN2O4S2/c1-19(16)6-2-5-14-11(15)8-3-4-9(12)10(7-8)20(13,17)18/h3-4,7H,2,5-6H2,1H3,(H,14,15)(H2,13,17,18). The fraction of sp³-hybridized carbons (Fsp3) is 0.364. The molecule has 0 aliphatic heterocycles. The van der Waals surface area contributed by atoms with Gasteiger partial charge in [-0.3, -0.25) is 9.00 Å². The van der Waals surface area contributed by atoms with E-state index in [1.807, 2.05) is 0 Å². The van der Waals surface area contributed by atoms with Crippen molar-refractivity contribution in [3.05, 3.63) is 29.6 Å². The Bertz CT molecular complexity index is 631. The van der Waals surface area contributed by atoms with E-state index >= 15 is 0 Å². The third-order valence-corrected chi connectivity index (χ3v) is 4.18. The second-order valence-electron chi connectivity index (χ2n) is 4.08. The van der Waals surface area contributed by atoms with Gasteiger partial charge in [-0.05, 0) is 24.6 Å². The molecule has 0 bridgehead atoms. The van der Waals surface area contributed by atoms with E-state index in [-0.39, 0.29) is 5.56 Å². The summed E-state index contributed by atoms with van der Waals surface area (Å²) in [4.78, 5) is 11.0. The van der Waals surface area contributed by atoms with Crippen molar-refractivity contribution >= 4 is 26.7 Å². The van der Waals surface area contributed by atoms with Crippen LogP contribution in [0.1, 0.15) is 16.8 Å². The molecule has 0 spiro atoms. The normalized spacial score (nSPS) is 12.9. The van der Waals surface area contributed by atoms with Crippen LogP contribution in [-0.2, 0) is 20.8 Å². The average Bonchev–Trinajstić information content (AvgIpc) is 2.33. The molecule has 0 fully saturated rings. The van der Waals surface area contributed by atoms with Crippen molar-refractivity contribution in [2.45, 2.75) is 11.3 Å². The number of hydrogen-bond donors (Lipinski definition) is 2. The van der Waals surface area contributed by atoms with Crippen LogP contribution >= 0.6 is 0 Å². The van der Waals surface area contributed by atoms with E-state index in [1.165, 1.54) is 0 Å². The number of halogens is 1. The van der Waals surface area contributed by atoms with Gasteiger partial charge in [-0.2, -0.15) is 0 Å². The van der Waals surface area contributed by atoms with E-state index in [0.29, 0.717) is 18.7 Å². The first-order valence-corrected chi connectivity index (χ1v) is 8.89. The number of carbonyl (C=O) groups excluding carboxylic acids is 1. The Kier molecular flexibility index (Phi) is 5.78. The highest BCUT2D eigenvalue weighted by Crippen LogP contribution is 2.14. The van der Waals surface area contributed by atoms with E-state index in [0.717, 1.165) is 18.2 Å². The van der Waals surface area contributed by atoms with Gasteiger partial charge in [0.15, 0.2) is 0 Å². The Balaban J connectivity index is 2.77. The summed E-state index contributed by atoms with van der Waals surface area (Å²) in [6, 6.07) is 2.92. The number of primary sulfonamides is 1. The van der Waals surface area contributed by atoms with Crippen LogP contribution in [0, 0.1) is 5.82 Å². The molecular formula is C11H15FN2O4S2. The predicted molar refractivity (Wildman–Crippen MR) is 73.7 cm³/mol. The minimum atomic E-state index is -4.22. The maximum atomic E-state index is 13.3. The Morgan fingerprint density at radius 3 is 2.65 bits per heavy atom. The van der Waals surface area contributed by atoms with E-state index in [1.54, 1.807) is 6.26 Å². The van der Waals surface area contributed by atoms with Crippen LogP contribution in [0.2, 0.25) is 0 Å². The molecule has 1 atom stereocenters. The fourth-order valence-corrected chi connectivity index (χ4v) is 2.62. The number of nitrogens with two attached hydrogens (primary N) is 1. The number of sulfonamides is 1. The first-order valence-electron chi connectivity index (χ1n) is 5.62. The molecule has 1 amide bonds. The summed E-state index contributed by atoms with van der Waals surface area (Å²) in [7, 11) is -5.16. The largest absolute Gasteiger partial charge is 0.352 e. The minimum absolute atomic E-state index is 0.00644. The second kappa shape index (κ2) is 6.91. The highest BCUT2D eigenvalue weighted by atomic mass is 32.2. The Labute approximate surface area is 119 Å². The van der Waals surface area contributed by atoms with Crippen molar-refractivity contribution in [3.8, 4) is 0 Å². The number of nitrogens with one attached hydrogen (secondary N) is 1. The summed E-state index contributed by atoms with van der Waals surface area (Å²) < 4.78 is 46.4. The van der Waals surface area contributed by atoms with Crippen LogP contribution in [-0.4, -0.2) is 37.1 Å². The summed E-state index contributed by atoms with van der Waals surface area (Å²) in [5, 5.41) is 7.37. The van der Waals surface area contributed by atoms with Gasteiger partial charge in [0.1, 0.15) is 10.7 Å². The maximum absolute atomic E-state index is 13.3. The van der Waals surface area contributed by atoms with Crippen molar-refractivity contribution in [1.29, 1.82) is 0 Å². The van der Waals surface area contributed by atoms with Gasteiger partial charge in [-0.25, -0.2) is 17.9 Å². The molecule has 1 unspecified atom stereocenters. The highest BCUT2D eigenvalue weighted by molar-refractivity contribution is 7.89. The van der Waals surface area contributed by atoms with Gasteiger partial charge >= 0.3 is 0 Å². The van der Waals surface area contributed by atoms with Crippen LogP contribution in [0.4, 0.5) is 4.39 Å². The van der Waals surface area contributed by atoms with Gasteiger partial charge in [0.2, 0.25) is 10.0 Å². The van der Waals surface area contributed by atoms with Crippen LogP contribution in [0.3, 0.4) is 0 Å². The van der Waals surface area contributed by atoms with Crippen molar-refractivity contribution in [2.24, 2.45) is 5.14 Å². The van der Waals surface area contributed by atoms with Crippen molar-refractivity contribution < 1.29 is 21.8 Å². The van der Waals surface area contributed by atoms with Gasteiger partial charge in [0.25, 0.3) is 5.91 Å². The minimum Gasteiger partial charge on any atom is -0.352 e. The molecule has 3 N–H and O–H groups in total. The molecule has 1 aromatic carbocycles. The van der Waals surface area contributed by atoms with E-state index in [2.05, 4.69) is 5.32 Å². The maximum Gasteiger partial charge on any atom is 0.251 e. The van der Waals surface area contributed by atoms with Gasteiger partial charge < -0.3 is 5.32 Å². The third kappa shape index (κ3) is 4.99. The van der Waals surface area contributed by atoms with Crippen LogP contribution in [0.5, 0.6) is 0 Å². The van der Waals surface area contributed by atoms with Gasteiger partial charge in [-0.15, -0.1) is 0 Å². The smallest absolute Gasteiger partial charge is 0.251 e. The topological polar surface area (TPSA) is 106 Å². The molecule has 0 saturated heterocycles. The van der Waals surface area contributed by atoms with Gasteiger partial charge in [-0.1, -0.05) is 0 Å². The van der Waals surface area contributed by atoms with Crippen LogP contribution < -0.4 is 10.5 Å². The number of hydrogen-bond acceptors (Lipinski definition) is 4. The molecule has 0 radical (unpaired) electrons. The molecule has 20 heavy (non-hydrogen) atoms. The van der Waals surface area contributed by atoms with E-state index < -0.39 is 37.4 Å². The fourth-order valence-electron chi connectivity index (χ4n) is 1.44. The lowest BCUT2D eigenvalue weighted by atomic mass is 10.2. The Hall–Kier alpha value is -1.32. The SMILES string of the molecule is CS(=O)CCCNC(=O)c1ccc(F)c(S(N)(=O)=O)c1. The zero-order valence-corrected chi connectivity index (χ0v) is 12.4. The van der Waals surface area contributed by atoms with Gasteiger partial charge in [0.05, 0.1) is 0 Å². The molecule has 0 aliphatic carbocycles. The van der Waals surface area contributed by atoms with Crippen LogP contribution in [0.15, 0.2) is 23.1 Å². The number of benzene rings is 1. The van der Waals surface area contributed by atoms with E-state index in [4.69, 9.17) is 5.14 Å². The quantitative estimate of drug-likeness (QED) is 0.717. The molecule has 1 aromatic rings. The third-order valence-electron chi connectivity index (χ3n) is 2.39. The zero-order chi connectivity index (χ0) is 15.3. The molecule has 0 heterocycles.